The van der Waals surface area contributed by atoms with Crippen molar-refractivity contribution in [2.75, 3.05) is 25.2 Å². The van der Waals surface area contributed by atoms with Gasteiger partial charge in [0.2, 0.25) is 23.6 Å². The summed E-state index contributed by atoms with van der Waals surface area (Å²) in [5.74, 6) is -2.56. The summed E-state index contributed by atoms with van der Waals surface area (Å²) >= 11 is 3.27. The molecule has 0 saturated heterocycles. The number of carbonyl (C=O) groups is 5. The summed E-state index contributed by atoms with van der Waals surface area (Å²) in [6.07, 6.45) is 3.40. The minimum atomic E-state index is -1.30. The fourth-order valence-electron chi connectivity index (χ4n) is 9.00. The zero-order valence-corrected chi connectivity index (χ0v) is 43.1. The normalized spacial score (nSPS) is 14.3. The molecule has 1 fully saturated rings. The van der Waals surface area contributed by atoms with Crippen LogP contribution in [0.3, 0.4) is 0 Å². The molecule has 3 atom stereocenters. The van der Waals surface area contributed by atoms with Crippen LogP contribution in [-0.4, -0.2) is 83.6 Å². The second-order valence-electron chi connectivity index (χ2n) is 18.4. The van der Waals surface area contributed by atoms with Gasteiger partial charge >= 0.3 is 5.97 Å². The van der Waals surface area contributed by atoms with Crippen LogP contribution in [0.25, 0.3) is 0 Å². The number of hydrogen-bond donors (Lipinski definition) is 5. The van der Waals surface area contributed by atoms with Gasteiger partial charge in [0.1, 0.15) is 24.2 Å². The van der Waals surface area contributed by atoms with E-state index in [1.165, 1.54) is 18.9 Å². The molecule has 5 N–H and O–H groups in total. The van der Waals surface area contributed by atoms with Crippen LogP contribution in [0, 0.1) is 5.92 Å². The van der Waals surface area contributed by atoms with E-state index in [9.17, 15) is 29.1 Å². The van der Waals surface area contributed by atoms with Gasteiger partial charge in [-0.05, 0) is 64.3 Å². The molecule has 1 aliphatic carbocycles. The van der Waals surface area contributed by atoms with Gasteiger partial charge in [-0.15, -0.1) is 23.5 Å². The van der Waals surface area contributed by atoms with E-state index < -0.39 is 68.7 Å². The predicted molar refractivity (Wildman–Crippen MR) is 292 cm³/mol. The second kappa shape index (κ2) is 25.6. The Morgan fingerprint density at radius 1 is 0.616 bits per heavy atom. The van der Waals surface area contributed by atoms with Crippen molar-refractivity contribution < 1.29 is 33.8 Å². The van der Waals surface area contributed by atoms with Crippen LogP contribution in [0.5, 0.6) is 0 Å². The fraction of sp³-hybridized carbons (Fsp3) is 0.283. The first-order chi connectivity index (χ1) is 35.4. The average Bonchev–Trinajstić information content (AvgIpc) is 4.22. The molecule has 0 bridgehead atoms. The summed E-state index contributed by atoms with van der Waals surface area (Å²) in [6, 6.07) is 58.8. The van der Waals surface area contributed by atoms with Gasteiger partial charge in [0.25, 0.3) is 0 Å². The molecule has 0 heterocycles. The van der Waals surface area contributed by atoms with Crippen molar-refractivity contribution in [3.05, 3.63) is 228 Å². The van der Waals surface area contributed by atoms with Gasteiger partial charge in [0.05, 0.1) is 29.1 Å². The van der Waals surface area contributed by atoms with Crippen molar-refractivity contribution in [1.29, 1.82) is 0 Å². The number of allylic oxidation sites excluding steroid dienone is 1. The number of esters is 1. The van der Waals surface area contributed by atoms with Crippen molar-refractivity contribution in [1.82, 2.24) is 21.3 Å². The number of rotatable bonds is 25. The Bertz CT molecular complexity index is 2570. The van der Waals surface area contributed by atoms with Crippen molar-refractivity contribution in [3.8, 4) is 0 Å². The zero-order valence-electron chi connectivity index (χ0n) is 41.4. The van der Waals surface area contributed by atoms with E-state index in [2.05, 4.69) is 94.1 Å². The molecule has 1 aliphatic rings. The Hall–Kier alpha value is -6.93. The van der Waals surface area contributed by atoms with Crippen molar-refractivity contribution in [2.24, 2.45) is 5.92 Å². The predicted octanol–water partition coefficient (Wildman–Crippen LogP) is 8.70. The van der Waals surface area contributed by atoms with Crippen LogP contribution < -0.4 is 21.3 Å². The summed E-state index contributed by atoms with van der Waals surface area (Å²) in [4.78, 5) is 68.1. The summed E-state index contributed by atoms with van der Waals surface area (Å²) in [5, 5.41) is 22.4. The number of aliphatic hydroxyl groups is 1. The lowest BCUT2D eigenvalue weighted by Gasteiger charge is -2.37. The first-order valence-corrected chi connectivity index (χ1v) is 26.6. The number of nitrogens with one attached hydrogen (secondary N) is 4. The summed E-state index contributed by atoms with van der Waals surface area (Å²) < 4.78 is 3.36. The number of ether oxygens (including phenoxy) is 1. The molecular formula is C60H64N4O7S2. The maximum absolute atomic E-state index is 14.6. The SMILES string of the molecule is COC(=O)CNC(=O)C(NC(=O)[C@@H](CSC(c1ccccc1)(c1ccccc1)c1ccccc1)NC(=O)C1(NC(=O)C[C@H](O)C=CCCSC(c2ccccc2)(c2ccccc2)c2ccccc2)CC1)C(C)C. The molecule has 1 saturated carbocycles. The van der Waals surface area contributed by atoms with Gasteiger partial charge in [0.15, 0.2) is 0 Å². The lowest BCUT2D eigenvalue weighted by Crippen LogP contribution is -2.59. The van der Waals surface area contributed by atoms with Gasteiger partial charge in [-0.3, -0.25) is 24.0 Å². The van der Waals surface area contributed by atoms with Gasteiger partial charge < -0.3 is 31.1 Å². The van der Waals surface area contributed by atoms with Crippen LogP contribution in [0.4, 0.5) is 0 Å². The molecule has 0 spiro atoms. The number of carbonyl (C=O) groups excluding carboxylic acids is 5. The monoisotopic (exact) mass is 1020 g/mol. The summed E-state index contributed by atoms with van der Waals surface area (Å²) in [7, 11) is 1.22. The summed E-state index contributed by atoms with van der Waals surface area (Å²) in [5.41, 5.74) is 5.00. The number of hydrogen-bond acceptors (Lipinski definition) is 9. The Labute approximate surface area is 437 Å². The Morgan fingerprint density at radius 3 is 1.41 bits per heavy atom. The number of methoxy groups -OCH3 is 1. The average molecular weight is 1020 g/mol. The maximum Gasteiger partial charge on any atom is 0.325 e. The fourth-order valence-corrected chi connectivity index (χ4v) is 12.0. The minimum absolute atomic E-state index is 0.0415. The molecular weight excluding hydrogens is 953 g/mol. The lowest BCUT2D eigenvalue weighted by atomic mass is 9.84. The van der Waals surface area contributed by atoms with E-state index in [0.717, 1.165) is 33.4 Å². The van der Waals surface area contributed by atoms with Crippen LogP contribution >= 0.6 is 23.5 Å². The van der Waals surface area contributed by atoms with Crippen LogP contribution in [0.15, 0.2) is 194 Å². The molecule has 6 aromatic carbocycles. The van der Waals surface area contributed by atoms with E-state index in [4.69, 9.17) is 4.74 Å². The molecule has 73 heavy (non-hydrogen) atoms. The third kappa shape index (κ3) is 13.4. The molecule has 6 aromatic rings. The van der Waals surface area contributed by atoms with Crippen LogP contribution in [0.2, 0.25) is 0 Å². The van der Waals surface area contributed by atoms with Gasteiger partial charge in [0, 0.05) is 5.75 Å². The minimum Gasteiger partial charge on any atom is -0.468 e. The Balaban J connectivity index is 1.06. The molecule has 0 aromatic heterocycles. The number of benzene rings is 6. The Kier molecular flexibility index (Phi) is 18.9. The standard InChI is InChI=1S/C60H64N4O7S2/c1-43(2)54(56(69)61-41-53(67)71-3)63-55(68)51(42-73-60(47-30-16-7-17-31-47,48-32-18-8-19-33-48)49-34-20-9-21-35-49)62-57(70)58(37-38-58)64-52(66)40-50(65)36-22-23-39-72-59(44-24-10-4-11-25-44,45-26-12-5-13-27-45)46-28-14-6-15-29-46/h4-22,24-36,43,50-51,54,65H,23,37-42H2,1-3H3,(H,61,69)(H,62,70)(H,63,68)(H,64,66)/t50-,51-,54?/m1/s1. The zero-order chi connectivity index (χ0) is 51.7. The van der Waals surface area contributed by atoms with E-state index in [0.29, 0.717) is 25.0 Å². The molecule has 7 rings (SSSR count). The quantitative estimate of drug-likeness (QED) is 0.0164. The van der Waals surface area contributed by atoms with Gasteiger partial charge in [-0.1, -0.05) is 208 Å². The highest BCUT2D eigenvalue weighted by atomic mass is 32.2. The van der Waals surface area contributed by atoms with E-state index in [1.807, 2.05) is 127 Å². The molecule has 11 nitrogen and oxygen atoms in total. The van der Waals surface area contributed by atoms with Gasteiger partial charge in [-0.2, -0.15) is 0 Å². The van der Waals surface area contributed by atoms with Crippen molar-refractivity contribution in [2.45, 2.75) is 72.8 Å². The number of amides is 4. The first-order valence-electron chi connectivity index (χ1n) is 24.6. The van der Waals surface area contributed by atoms with E-state index in [1.54, 1.807) is 19.9 Å². The largest absolute Gasteiger partial charge is 0.468 e. The maximum atomic E-state index is 14.6. The molecule has 4 amide bonds. The summed E-state index contributed by atoms with van der Waals surface area (Å²) in [6.45, 7) is 3.15. The van der Waals surface area contributed by atoms with Crippen molar-refractivity contribution in [3.63, 3.8) is 0 Å². The lowest BCUT2D eigenvalue weighted by molar-refractivity contribution is -0.141. The third-order valence-corrected chi connectivity index (χ3v) is 16.2. The third-order valence-electron chi connectivity index (χ3n) is 13.0. The highest BCUT2D eigenvalue weighted by Crippen LogP contribution is 2.50. The van der Waals surface area contributed by atoms with Crippen LogP contribution in [0.1, 0.15) is 72.9 Å². The highest BCUT2D eigenvalue weighted by Gasteiger charge is 2.52. The van der Waals surface area contributed by atoms with E-state index in [-0.39, 0.29) is 18.7 Å². The van der Waals surface area contributed by atoms with E-state index >= 15 is 0 Å². The first kappa shape index (κ1) is 53.9. The molecule has 13 heteroatoms. The molecule has 0 radical (unpaired) electrons. The van der Waals surface area contributed by atoms with Gasteiger partial charge in [-0.25, -0.2) is 0 Å². The van der Waals surface area contributed by atoms with Crippen molar-refractivity contribution >= 4 is 53.1 Å². The number of thioether (sulfide) groups is 2. The molecule has 0 aliphatic heterocycles. The molecule has 378 valence electrons. The van der Waals surface area contributed by atoms with Crippen LogP contribution in [-0.2, 0) is 38.2 Å². The number of aliphatic hydroxyl groups excluding tert-OH is 1. The Morgan fingerprint density at radius 2 is 1.03 bits per heavy atom. The molecule has 1 unspecified atom stereocenters. The highest BCUT2D eigenvalue weighted by molar-refractivity contribution is 8.00. The second-order valence-corrected chi connectivity index (χ2v) is 20.9. The topological polar surface area (TPSA) is 163 Å². The smallest absolute Gasteiger partial charge is 0.325 e.